The summed E-state index contributed by atoms with van der Waals surface area (Å²) < 4.78 is 5.50. The van der Waals surface area contributed by atoms with E-state index < -0.39 is 6.09 Å². The van der Waals surface area contributed by atoms with Crippen LogP contribution in [0.2, 0.25) is 0 Å². The fourth-order valence-corrected chi connectivity index (χ4v) is 3.72. The highest BCUT2D eigenvalue weighted by molar-refractivity contribution is 5.79. The Morgan fingerprint density at radius 3 is 2.34 bits per heavy atom. The van der Waals surface area contributed by atoms with E-state index in [1.165, 1.54) is 22.3 Å². The van der Waals surface area contributed by atoms with Crippen molar-refractivity contribution in [1.82, 2.24) is 5.32 Å². The minimum absolute atomic E-state index is 0.0548. The van der Waals surface area contributed by atoms with Gasteiger partial charge in [-0.05, 0) is 46.4 Å². The van der Waals surface area contributed by atoms with Gasteiger partial charge in [-0.3, -0.25) is 0 Å². The maximum absolute atomic E-state index is 12.1. The number of hydrogen-bond donors (Lipinski definition) is 2. The summed E-state index contributed by atoms with van der Waals surface area (Å²) in [5.41, 5.74) is 6.52. The lowest BCUT2D eigenvalue weighted by atomic mass is 9.98. The zero-order chi connectivity index (χ0) is 20.2. The molecule has 4 nitrogen and oxygen atoms in total. The van der Waals surface area contributed by atoms with E-state index in [1.54, 1.807) is 6.07 Å². The summed E-state index contributed by atoms with van der Waals surface area (Å²) in [6.45, 7) is 2.50. The van der Waals surface area contributed by atoms with E-state index in [4.69, 9.17) is 4.74 Å². The van der Waals surface area contributed by atoms with Crippen LogP contribution in [0.1, 0.15) is 28.2 Å². The van der Waals surface area contributed by atoms with Crippen molar-refractivity contribution < 1.29 is 14.6 Å². The van der Waals surface area contributed by atoms with E-state index in [0.717, 1.165) is 11.1 Å². The van der Waals surface area contributed by atoms with E-state index in [9.17, 15) is 9.90 Å². The third-order valence-electron chi connectivity index (χ3n) is 5.25. The van der Waals surface area contributed by atoms with Crippen LogP contribution in [0.3, 0.4) is 0 Å². The molecule has 0 aliphatic heterocycles. The standard InChI is InChI=1S/C25H23NO3/c1-17-12-13-18(15-24(17)27)7-6-14-26-25(28)29-16-23-21-10-4-2-8-19(21)20-9-3-5-11-22(20)23/h2-13,15,23,27H,14,16H2,1H3,(H,26,28). The van der Waals surface area contributed by atoms with Crippen LogP contribution in [0.25, 0.3) is 17.2 Å². The summed E-state index contributed by atoms with van der Waals surface area (Å²) in [6, 6.07) is 22.0. The van der Waals surface area contributed by atoms with Gasteiger partial charge in [0.05, 0.1) is 0 Å². The van der Waals surface area contributed by atoms with Gasteiger partial charge in [0.1, 0.15) is 12.4 Å². The molecular weight excluding hydrogens is 362 g/mol. The van der Waals surface area contributed by atoms with Gasteiger partial charge in [0.25, 0.3) is 0 Å². The molecule has 3 aromatic carbocycles. The van der Waals surface area contributed by atoms with Crippen molar-refractivity contribution in [3.05, 3.63) is 95.1 Å². The Hall–Kier alpha value is -3.53. The first-order chi connectivity index (χ1) is 14.1. The highest BCUT2D eigenvalue weighted by Gasteiger charge is 2.28. The number of hydrogen-bond acceptors (Lipinski definition) is 3. The van der Waals surface area contributed by atoms with Crippen molar-refractivity contribution in [2.75, 3.05) is 13.2 Å². The van der Waals surface area contributed by atoms with Crippen molar-refractivity contribution >= 4 is 12.2 Å². The molecule has 1 amide bonds. The van der Waals surface area contributed by atoms with Crippen molar-refractivity contribution in [2.24, 2.45) is 0 Å². The fraction of sp³-hybridized carbons (Fsp3) is 0.160. The summed E-state index contributed by atoms with van der Waals surface area (Å²) in [7, 11) is 0. The maximum Gasteiger partial charge on any atom is 0.407 e. The van der Waals surface area contributed by atoms with Crippen molar-refractivity contribution in [1.29, 1.82) is 0 Å². The van der Waals surface area contributed by atoms with E-state index in [1.807, 2.05) is 55.5 Å². The number of carbonyl (C=O) groups excluding carboxylic acids is 1. The molecule has 0 spiro atoms. The molecule has 0 aromatic heterocycles. The summed E-state index contributed by atoms with van der Waals surface area (Å²) in [5.74, 6) is 0.316. The average molecular weight is 385 g/mol. The Labute approximate surface area is 170 Å². The van der Waals surface area contributed by atoms with Crippen LogP contribution in [-0.4, -0.2) is 24.4 Å². The molecule has 0 unspecified atom stereocenters. The van der Waals surface area contributed by atoms with Gasteiger partial charge >= 0.3 is 6.09 Å². The van der Waals surface area contributed by atoms with Gasteiger partial charge in [-0.25, -0.2) is 4.79 Å². The molecule has 0 fully saturated rings. The lowest BCUT2D eigenvalue weighted by Gasteiger charge is -2.14. The summed E-state index contributed by atoms with van der Waals surface area (Å²) >= 11 is 0. The first-order valence-electron chi connectivity index (χ1n) is 9.68. The van der Waals surface area contributed by atoms with Gasteiger partial charge in [-0.2, -0.15) is 0 Å². The molecular formula is C25H23NO3. The van der Waals surface area contributed by atoms with E-state index in [-0.39, 0.29) is 11.7 Å². The highest BCUT2D eigenvalue weighted by Crippen LogP contribution is 2.44. The van der Waals surface area contributed by atoms with Crippen LogP contribution in [0, 0.1) is 6.92 Å². The van der Waals surface area contributed by atoms with Gasteiger partial charge in [-0.15, -0.1) is 0 Å². The molecule has 0 saturated heterocycles. The third-order valence-corrected chi connectivity index (χ3v) is 5.25. The van der Waals surface area contributed by atoms with E-state index in [2.05, 4.69) is 29.6 Å². The van der Waals surface area contributed by atoms with Crippen LogP contribution in [0.5, 0.6) is 5.75 Å². The number of amides is 1. The number of ether oxygens (including phenoxy) is 1. The molecule has 2 N–H and O–H groups in total. The Morgan fingerprint density at radius 1 is 1.03 bits per heavy atom. The van der Waals surface area contributed by atoms with Crippen LogP contribution in [0.4, 0.5) is 4.79 Å². The van der Waals surface area contributed by atoms with Crippen LogP contribution in [0.15, 0.2) is 72.8 Å². The predicted molar refractivity (Wildman–Crippen MR) is 115 cm³/mol. The van der Waals surface area contributed by atoms with Crippen LogP contribution < -0.4 is 5.32 Å². The van der Waals surface area contributed by atoms with Gasteiger partial charge in [0, 0.05) is 12.5 Å². The molecule has 29 heavy (non-hydrogen) atoms. The smallest absolute Gasteiger partial charge is 0.407 e. The summed E-state index contributed by atoms with van der Waals surface area (Å²) in [5, 5.41) is 12.5. The second kappa shape index (κ2) is 8.23. The lowest BCUT2D eigenvalue weighted by molar-refractivity contribution is 0.144. The molecule has 0 atom stereocenters. The Bertz CT molecular complexity index is 1030. The Morgan fingerprint density at radius 2 is 1.69 bits per heavy atom. The molecule has 4 heteroatoms. The van der Waals surface area contributed by atoms with Gasteiger partial charge < -0.3 is 15.2 Å². The number of nitrogens with one attached hydrogen (secondary N) is 1. The third kappa shape index (κ3) is 4.02. The number of aromatic hydroxyl groups is 1. The minimum atomic E-state index is -0.441. The van der Waals surface area contributed by atoms with E-state index in [0.29, 0.717) is 13.2 Å². The van der Waals surface area contributed by atoms with E-state index >= 15 is 0 Å². The number of benzene rings is 3. The number of fused-ring (bicyclic) bond motifs is 3. The van der Waals surface area contributed by atoms with Crippen molar-refractivity contribution in [3.8, 4) is 16.9 Å². The largest absolute Gasteiger partial charge is 0.508 e. The molecule has 1 aliphatic rings. The van der Waals surface area contributed by atoms with Crippen LogP contribution >= 0.6 is 0 Å². The number of aryl methyl sites for hydroxylation is 1. The zero-order valence-corrected chi connectivity index (χ0v) is 16.3. The topological polar surface area (TPSA) is 58.6 Å². The SMILES string of the molecule is Cc1ccc(C=CCNC(=O)OCC2c3ccccc3-c3ccccc32)cc1O. The van der Waals surface area contributed by atoms with Crippen LogP contribution in [-0.2, 0) is 4.74 Å². The Kier molecular flexibility index (Phi) is 5.34. The van der Waals surface area contributed by atoms with Gasteiger partial charge in [0.15, 0.2) is 0 Å². The molecule has 0 saturated carbocycles. The second-order valence-electron chi connectivity index (χ2n) is 7.15. The molecule has 0 heterocycles. The first-order valence-corrected chi connectivity index (χ1v) is 9.68. The maximum atomic E-state index is 12.1. The molecule has 0 bridgehead atoms. The fourth-order valence-electron chi connectivity index (χ4n) is 3.72. The Balaban J connectivity index is 1.33. The first kappa shape index (κ1) is 18.8. The number of rotatable bonds is 5. The molecule has 4 rings (SSSR count). The number of alkyl carbamates (subject to hydrolysis) is 1. The van der Waals surface area contributed by atoms with Gasteiger partial charge in [-0.1, -0.05) is 72.8 Å². The normalized spacial score (nSPS) is 12.6. The second-order valence-corrected chi connectivity index (χ2v) is 7.15. The zero-order valence-electron chi connectivity index (χ0n) is 16.3. The minimum Gasteiger partial charge on any atom is -0.508 e. The number of phenols is 1. The lowest BCUT2D eigenvalue weighted by Crippen LogP contribution is -2.26. The summed E-state index contributed by atoms with van der Waals surface area (Å²) in [4.78, 5) is 12.1. The highest BCUT2D eigenvalue weighted by atomic mass is 16.5. The molecule has 146 valence electrons. The predicted octanol–water partition coefficient (Wildman–Crippen LogP) is 5.25. The quantitative estimate of drug-likeness (QED) is 0.630. The molecule has 3 aromatic rings. The molecule has 1 aliphatic carbocycles. The summed E-state index contributed by atoms with van der Waals surface area (Å²) in [6.07, 6.45) is 3.23. The molecule has 0 radical (unpaired) electrons. The van der Waals surface area contributed by atoms with Gasteiger partial charge in [0.2, 0.25) is 0 Å². The monoisotopic (exact) mass is 385 g/mol. The van der Waals surface area contributed by atoms with Crippen molar-refractivity contribution in [2.45, 2.75) is 12.8 Å². The number of phenolic OH excluding ortho intramolecular Hbond substituents is 1. The average Bonchev–Trinajstić information content (AvgIpc) is 3.06. The number of carbonyl (C=O) groups is 1. The van der Waals surface area contributed by atoms with Crippen molar-refractivity contribution in [3.63, 3.8) is 0 Å².